The van der Waals surface area contributed by atoms with Crippen molar-refractivity contribution in [2.75, 3.05) is 26.7 Å². The molecule has 1 unspecified atom stereocenters. The van der Waals surface area contributed by atoms with E-state index in [4.69, 9.17) is 9.15 Å². The summed E-state index contributed by atoms with van der Waals surface area (Å²) in [6, 6.07) is 11.4. The molecule has 1 aromatic heterocycles. The predicted octanol–water partition coefficient (Wildman–Crippen LogP) is 3.26. The Morgan fingerprint density at radius 2 is 2.04 bits per heavy atom. The van der Waals surface area contributed by atoms with Crippen LogP contribution in [-0.4, -0.2) is 49.1 Å². The molecule has 0 bridgehead atoms. The average molecular weight is 382 g/mol. The molecular formula is C22H26N2O4. The molecule has 1 atom stereocenters. The Balaban J connectivity index is 1.65. The van der Waals surface area contributed by atoms with Gasteiger partial charge in [0.25, 0.3) is 5.91 Å². The highest BCUT2D eigenvalue weighted by Crippen LogP contribution is 2.28. The number of ether oxygens (including phenoxy) is 1. The number of carbonyl (C=O) groups is 2. The number of carbonyl (C=O) groups excluding carboxylic acids is 2. The Morgan fingerprint density at radius 3 is 2.71 bits per heavy atom. The van der Waals surface area contributed by atoms with Crippen LogP contribution in [0.25, 0.3) is 11.3 Å². The SMILES string of the molecule is COC1(CNC(=O)C=C(C)C)CCN(C(=O)c2coc(-c3ccccc3)c2)C1. The number of hydrogen-bond donors (Lipinski definition) is 1. The molecule has 6 heteroatoms. The van der Waals surface area contributed by atoms with Crippen LogP contribution in [0.4, 0.5) is 0 Å². The third kappa shape index (κ3) is 4.51. The van der Waals surface area contributed by atoms with Crippen molar-refractivity contribution in [3.8, 4) is 11.3 Å². The van der Waals surface area contributed by atoms with Crippen LogP contribution in [0.2, 0.25) is 0 Å². The van der Waals surface area contributed by atoms with Crippen LogP contribution >= 0.6 is 0 Å². The van der Waals surface area contributed by atoms with Crippen molar-refractivity contribution in [3.63, 3.8) is 0 Å². The van der Waals surface area contributed by atoms with Gasteiger partial charge in [0.15, 0.2) is 0 Å². The maximum atomic E-state index is 12.9. The van der Waals surface area contributed by atoms with E-state index in [2.05, 4.69) is 5.32 Å². The minimum Gasteiger partial charge on any atom is -0.464 e. The number of furan rings is 1. The molecule has 2 amide bonds. The van der Waals surface area contributed by atoms with Gasteiger partial charge in [-0.05, 0) is 26.3 Å². The van der Waals surface area contributed by atoms with Gasteiger partial charge in [0.1, 0.15) is 17.6 Å². The zero-order valence-corrected chi connectivity index (χ0v) is 16.5. The zero-order valence-electron chi connectivity index (χ0n) is 16.5. The van der Waals surface area contributed by atoms with E-state index in [1.165, 1.54) is 6.26 Å². The van der Waals surface area contributed by atoms with Gasteiger partial charge >= 0.3 is 0 Å². The van der Waals surface area contributed by atoms with Crippen molar-refractivity contribution >= 4 is 11.8 Å². The fourth-order valence-corrected chi connectivity index (χ4v) is 3.35. The lowest BCUT2D eigenvalue weighted by atomic mass is 10.0. The molecular weight excluding hydrogens is 356 g/mol. The second-order valence-corrected chi connectivity index (χ2v) is 7.37. The molecule has 1 N–H and O–H groups in total. The number of nitrogens with one attached hydrogen (secondary N) is 1. The number of nitrogens with zero attached hydrogens (tertiary/aromatic N) is 1. The fraction of sp³-hybridized carbons (Fsp3) is 0.364. The summed E-state index contributed by atoms with van der Waals surface area (Å²) >= 11 is 0. The number of rotatable bonds is 6. The van der Waals surface area contributed by atoms with Gasteiger partial charge in [-0.15, -0.1) is 0 Å². The molecule has 2 aromatic rings. The first-order chi connectivity index (χ1) is 13.4. The van der Waals surface area contributed by atoms with Gasteiger partial charge in [-0.25, -0.2) is 0 Å². The van der Waals surface area contributed by atoms with Gasteiger partial charge in [0.05, 0.1) is 12.1 Å². The van der Waals surface area contributed by atoms with Crippen molar-refractivity contribution < 1.29 is 18.7 Å². The second kappa shape index (κ2) is 8.44. The fourth-order valence-electron chi connectivity index (χ4n) is 3.35. The van der Waals surface area contributed by atoms with E-state index in [0.29, 0.717) is 37.4 Å². The highest BCUT2D eigenvalue weighted by molar-refractivity contribution is 5.95. The summed E-state index contributed by atoms with van der Waals surface area (Å²) < 4.78 is 11.3. The quantitative estimate of drug-likeness (QED) is 0.779. The standard InChI is InChI=1S/C22H26N2O4/c1-16(2)11-20(25)23-14-22(27-3)9-10-24(15-22)21(26)18-12-19(28-13-18)17-7-5-4-6-8-17/h4-8,11-13H,9-10,14-15H2,1-3H3,(H,23,25). The van der Waals surface area contributed by atoms with Gasteiger partial charge in [-0.3, -0.25) is 9.59 Å². The molecule has 3 rings (SSSR count). The highest BCUT2D eigenvalue weighted by Gasteiger charge is 2.40. The van der Waals surface area contributed by atoms with Gasteiger partial charge in [0.2, 0.25) is 5.91 Å². The zero-order chi connectivity index (χ0) is 20.1. The third-order valence-electron chi connectivity index (χ3n) is 4.95. The van der Waals surface area contributed by atoms with Gasteiger partial charge in [0, 0.05) is 31.8 Å². The average Bonchev–Trinajstić information content (AvgIpc) is 3.34. The number of hydrogen-bond acceptors (Lipinski definition) is 4. The minimum atomic E-state index is -0.577. The lowest BCUT2D eigenvalue weighted by Crippen LogP contribution is -2.46. The lowest BCUT2D eigenvalue weighted by Gasteiger charge is -2.28. The van der Waals surface area contributed by atoms with E-state index < -0.39 is 5.60 Å². The maximum absolute atomic E-state index is 12.9. The van der Waals surface area contributed by atoms with E-state index in [1.54, 1.807) is 24.2 Å². The maximum Gasteiger partial charge on any atom is 0.257 e. The molecule has 1 aliphatic rings. The summed E-state index contributed by atoms with van der Waals surface area (Å²) in [5, 5.41) is 2.88. The largest absolute Gasteiger partial charge is 0.464 e. The molecule has 1 fully saturated rings. The molecule has 1 aliphatic heterocycles. The normalized spacial score (nSPS) is 18.8. The van der Waals surface area contributed by atoms with Crippen LogP contribution in [0, 0.1) is 0 Å². The minimum absolute atomic E-state index is 0.0968. The van der Waals surface area contributed by atoms with Crippen molar-refractivity contribution in [1.29, 1.82) is 0 Å². The summed E-state index contributed by atoms with van der Waals surface area (Å²) in [5.41, 5.74) is 1.80. The second-order valence-electron chi connectivity index (χ2n) is 7.37. The summed E-state index contributed by atoms with van der Waals surface area (Å²) in [5.74, 6) is 0.416. The van der Waals surface area contributed by atoms with E-state index in [9.17, 15) is 9.59 Å². The third-order valence-corrected chi connectivity index (χ3v) is 4.95. The summed E-state index contributed by atoms with van der Waals surface area (Å²) in [4.78, 5) is 26.5. The molecule has 1 saturated heterocycles. The van der Waals surface area contributed by atoms with Crippen molar-refractivity contribution in [2.45, 2.75) is 25.9 Å². The molecule has 148 valence electrons. The van der Waals surface area contributed by atoms with Crippen LogP contribution in [0.5, 0.6) is 0 Å². The highest BCUT2D eigenvalue weighted by atomic mass is 16.5. The first-order valence-corrected chi connectivity index (χ1v) is 9.33. The van der Waals surface area contributed by atoms with Crippen LogP contribution in [-0.2, 0) is 9.53 Å². The Kier molecular flexibility index (Phi) is 5.99. The molecule has 28 heavy (non-hydrogen) atoms. The topological polar surface area (TPSA) is 71.8 Å². The van der Waals surface area contributed by atoms with E-state index in [0.717, 1.165) is 11.1 Å². The van der Waals surface area contributed by atoms with Crippen LogP contribution < -0.4 is 5.32 Å². The molecule has 0 saturated carbocycles. The summed E-state index contributed by atoms with van der Waals surface area (Å²) in [7, 11) is 1.62. The molecule has 0 radical (unpaired) electrons. The molecule has 0 aliphatic carbocycles. The van der Waals surface area contributed by atoms with Gasteiger partial charge in [-0.1, -0.05) is 35.9 Å². The molecule has 1 aromatic carbocycles. The van der Waals surface area contributed by atoms with Crippen LogP contribution in [0.3, 0.4) is 0 Å². The monoisotopic (exact) mass is 382 g/mol. The van der Waals surface area contributed by atoms with Crippen LogP contribution in [0.1, 0.15) is 30.6 Å². The molecule has 0 spiro atoms. The van der Waals surface area contributed by atoms with Crippen LogP contribution in [0.15, 0.2) is 58.7 Å². The predicted molar refractivity (Wildman–Crippen MR) is 107 cm³/mol. The Bertz CT molecular complexity index is 868. The first-order valence-electron chi connectivity index (χ1n) is 9.33. The van der Waals surface area contributed by atoms with Crippen molar-refractivity contribution in [1.82, 2.24) is 10.2 Å². The number of likely N-dealkylation sites (tertiary alicyclic amines) is 1. The van der Waals surface area contributed by atoms with Crippen molar-refractivity contribution in [3.05, 3.63) is 59.9 Å². The summed E-state index contributed by atoms with van der Waals surface area (Å²) in [6.45, 7) is 5.09. The molecule has 2 heterocycles. The van der Waals surface area contributed by atoms with E-state index in [-0.39, 0.29) is 11.8 Å². The van der Waals surface area contributed by atoms with Crippen molar-refractivity contribution in [2.24, 2.45) is 0 Å². The Labute approximate surface area is 165 Å². The van der Waals surface area contributed by atoms with E-state index >= 15 is 0 Å². The Hall–Kier alpha value is -2.86. The number of allylic oxidation sites excluding steroid dienone is 1. The summed E-state index contributed by atoms with van der Waals surface area (Å²) in [6.07, 6.45) is 3.71. The number of amides is 2. The first kappa shape index (κ1) is 19.9. The smallest absolute Gasteiger partial charge is 0.257 e. The lowest BCUT2D eigenvalue weighted by molar-refractivity contribution is -0.118. The number of methoxy groups -OCH3 is 1. The Morgan fingerprint density at radius 1 is 1.29 bits per heavy atom. The van der Waals surface area contributed by atoms with E-state index in [1.807, 2.05) is 44.2 Å². The molecule has 6 nitrogen and oxygen atoms in total. The van der Waals surface area contributed by atoms with Gasteiger partial charge < -0.3 is 19.4 Å². The number of benzene rings is 1. The van der Waals surface area contributed by atoms with Gasteiger partial charge in [-0.2, -0.15) is 0 Å².